The minimum atomic E-state index is -3.77. The van der Waals surface area contributed by atoms with Crippen LogP contribution < -0.4 is 10.5 Å². The van der Waals surface area contributed by atoms with E-state index in [9.17, 15) is 13.2 Å². The fraction of sp³-hybridized carbons (Fsp3) is 0.545. The average Bonchev–Trinajstić information content (AvgIpc) is 3.05. The average molecular weight is 320 g/mol. The van der Waals surface area contributed by atoms with Crippen LogP contribution in [0.15, 0.2) is 15.7 Å². The Hall–Kier alpha value is -1.00. The zero-order chi connectivity index (χ0) is 14.8. The molecule has 0 radical (unpaired) electrons. The number of ether oxygens (including phenoxy) is 2. The third-order valence-electron chi connectivity index (χ3n) is 3.19. The summed E-state index contributed by atoms with van der Waals surface area (Å²) >= 11 is 0.918. The summed E-state index contributed by atoms with van der Waals surface area (Å²) in [6, 6.07) is 1.26. The lowest BCUT2D eigenvalue weighted by atomic mass is 10.0. The predicted octanol–water partition coefficient (Wildman–Crippen LogP) is -0.0692. The summed E-state index contributed by atoms with van der Waals surface area (Å²) in [5.41, 5.74) is -0.238. The highest BCUT2D eigenvalue weighted by Gasteiger charge is 2.35. The van der Waals surface area contributed by atoms with E-state index in [1.807, 2.05) is 0 Å². The molecule has 9 heteroatoms. The van der Waals surface area contributed by atoms with Gasteiger partial charge in [-0.25, -0.2) is 13.6 Å². The summed E-state index contributed by atoms with van der Waals surface area (Å²) in [7, 11) is -2.20. The van der Waals surface area contributed by atoms with Gasteiger partial charge in [-0.1, -0.05) is 0 Å². The molecule has 0 aromatic carbocycles. The van der Waals surface area contributed by atoms with Crippen molar-refractivity contribution in [3.8, 4) is 0 Å². The van der Waals surface area contributed by atoms with Gasteiger partial charge in [0, 0.05) is 32.1 Å². The lowest BCUT2D eigenvalue weighted by Gasteiger charge is -2.25. The summed E-state index contributed by atoms with van der Waals surface area (Å²) in [5.74, 6) is -0.362. The van der Waals surface area contributed by atoms with Gasteiger partial charge in [0.1, 0.15) is 9.81 Å². The van der Waals surface area contributed by atoms with Crippen molar-refractivity contribution in [3.05, 3.63) is 17.0 Å². The molecule has 112 valence electrons. The van der Waals surface area contributed by atoms with Crippen LogP contribution in [0.1, 0.15) is 16.8 Å². The normalized spacial score (nSPS) is 22.9. The van der Waals surface area contributed by atoms with Gasteiger partial charge in [-0.2, -0.15) is 0 Å². The summed E-state index contributed by atoms with van der Waals surface area (Å²) < 4.78 is 32.9. The number of carbonyl (C=O) groups is 1. The van der Waals surface area contributed by atoms with Gasteiger partial charge in [0.25, 0.3) is 5.91 Å². The van der Waals surface area contributed by atoms with Crippen LogP contribution in [0.5, 0.6) is 0 Å². The third kappa shape index (κ3) is 3.36. The third-order valence-corrected chi connectivity index (χ3v) is 5.58. The molecule has 1 unspecified atom stereocenters. The number of nitrogens with two attached hydrogens (primary N) is 1. The molecule has 0 saturated carbocycles. The van der Waals surface area contributed by atoms with Crippen molar-refractivity contribution in [1.82, 2.24) is 5.32 Å². The van der Waals surface area contributed by atoms with Gasteiger partial charge in [0.15, 0.2) is 0 Å². The largest absolute Gasteiger partial charge is 0.378 e. The molecule has 20 heavy (non-hydrogen) atoms. The van der Waals surface area contributed by atoms with E-state index >= 15 is 0 Å². The van der Waals surface area contributed by atoms with Gasteiger partial charge >= 0.3 is 0 Å². The molecule has 1 atom stereocenters. The number of primary sulfonamides is 1. The molecule has 0 bridgehead atoms. The SMILES string of the molecule is COC1(CNC(=O)c2csc(S(N)(=O)=O)c2)CCOC1. The highest BCUT2D eigenvalue weighted by atomic mass is 32.2. The molecule has 1 fully saturated rings. The molecular weight excluding hydrogens is 304 g/mol. The predicted molar refractivity (Wildman–Crippen MR) is 73.2 cm³/mol. The van der Waals surface area contributed by atoms with Gasteiger partial charge in [0.05, 0.1) is 12.2 Å². The Morgan fingerprint density at radius 1 is 1.65 bits per heavy atom. The van der Waals surface area contributed by atoms with Crippen LogP contribution >= 0.6 is 11.3 Å². The van der Waals surface area contributed by atoms with E-state index in [-0.39, 0.29) is 15.7 Å². The monoisotopic (exact) mass is 320 g/mol. The molecule has 0 aliphatic carbocycles. The van der Waals surface area contributed by atoms with Gasteiger partial charge < -0.3 is 14.8 Å². The first-order valence-corrected chi connectivity index (χ1v) is 8.31. The summed E-state index contributed by atoms with van der Waals surface area (Å²) in [6.07, 6.45) is 0.704. The maximum atomic E-state index is 12.0. The summed E-state index contributed by atoms with van der Waals surface area (Å²) in [6.45, 7) is 1.33. The van der Waals surface area contributed by atoms with Crippen molar-refractivity contribution in [1.29, 1.82) is 0 Å². The van der Waals surface area contributed by atoms with Gasteiger partial charge in [-0.15, -0.1) is 11.3 Å². The van der Waals surface area contributed by atoms with E-state index in [0.29, 0.717) is 26.2 Å². The van der Waals surface area contributed by atoms with E-state index in [2.05, 4.69) is 5.32 Å². The van der Waals surface area contributed by atoms with Crippen molar-refractivity contribution in [2.45, 2.75) is 16.2 Å². The molecule has 1 aliphatic rings. The fourth-order valence-electron chi connectivity index (χ4n) is 1.89. The zero-order valence-corrected chi connectivity index (χ0v) is 12.6. The Balaban J connectivity index is 2.00. The second kappa shape index (κ2) is 5.78. The second-order valence-corrected chi connectivity index (χ2v) is 7.27. The number of hydrogen-bond acceptors (Lipinski definition) is 6. The van der Waals surface area contributed by atoms with Gasteiger partial charge in [-0.05, 0) is 6.07 Å². The number of rotatable bonds is 5. The van der Waals surface area contributed by atoms with Crippen LogP contribution in [0.3, 0.4) is 0 Å². The van der Waals surface area contributed by atoms with E-state index in [1.54, 1.807) is 7.11 Å². The number of carbonyl (C=O) groups excluding carboxylic acids is 1. The van der Waals surface area contributed by atoms with Crippen molar-refractivity contribution in [3.63, 3.8) is 0 Å². The Morgan fingerprint density at radius 3 is 2.90 bits per heavy atom. The Labute approximate surface area is 121 Å². The minimum Gasteiger partial charge on any atom is -0.378 e. The number of hydrogen-bond donors (Lipinski definition) is 2. The van der Waals surface area contributed by atoms with Crippen LogP contribution in [-0.2, 0) is 19.5 Å². The molecule has 1 aromatic rings. The van der Waals surface area contributed by atoms with Crippen molar-refractivity contribution in [2.24, 2.45) is 5.14 Å². The summed E-state index contributed by atoms with van der Waals surface area (Å²) in [5, 5.41) is 9.18. The van der Waals surface area contributed by atoms with E-state index < -0.39 is 15.6 Å². The zero-order valence-electron chi connectivity index (χ0n) is 10.9. The topological polar surface area (TPSA) is 108 Å². The molecule has 1 aliphatic heterocycles. The van der Waals surface area contributed by atoms with E-state index in [0.717, 1.165) is 11.3 Å². The Bertz CT molecular complexity index is 590. The molecule has 2 heterocycles. The highest BCUT2D eigenvalue weighted by molar-refractivity contribution is 7.91. The van der Waals surface area contributed by atoms with Crippen LogP contribution in [0, 0.1) is 0 Å². The van der Waals surface area contributed by atoms with Crippen molar-refractivity contribution < 1.29 is 22.7 Å². The lowest BCUT2D eigenvalue weighted by molar-refractivity contribution is -0.0148. The number of thiophene rings is 1. The highest BCUT2D eigenvalue weighted by Crippen LogP contribution is 2.22. The van der Waals surface area contributed by atoms with Gasteiger partial charge in [-0.3, -0.25) is 4.79 Å². The second-order valence-electron chi connectivity index (χ2n) is 4.57. The van der Waals surface area contributed by atoms with E-state index in [4.69, 9.17) is 14.6 Å². The summed E-state index contributed by atoms with van der Waals surface area (Å²) in [4.78, 5) is 12.0. The molecule has 3 N–H and O–H groups in total. The first kappa shape index (κ1) is 15.4. The molecule has 0 spiro atoms. The molecule has 1 saturated heterocycles. The Kier molecular flexibility index (Phi) is 4.45. The number of sulfonamides is 1. The van der Waals surface area contributed by atoms with E-state index in [1.165, 1.54) is 11.4 Å². The van der Waals surface area contributed by atoms with Crippen LogP contribution in [0.4, 0.5) is 0 Å². The molecule has 1 aromatic heterocycles. The van der Waals surface area contributed by atoms with Crippen molar-refractivity contribution >= 4 is 27.3 Å². The van der Waals surface area contributed by atoms with Crippen LogP contribution in [-0.4, -0.2) is 46.8 Å². The number of amides is 1. The van der Waals surface area contributed by atoms with Gasteiger partial charge in [0.2, 0.25) is 10.0 Å². The fourth-order valence-corrected chi connectivity index (χ4v) is 3.47. The first-order chi connectivity index (χ1) is 9.36. The maximum absolute atomic E-state index is 12.0. The molecular formula is C11H16N2O5S2. The molecule has 1 amide bonds. The molecule has 7 nitrogen and oxygen atoms in total. The standard InChI is InChI=1S/C11H16N2O5S2/c1-17-11(2-3-18-7-11)6-13-10(14)8-4-9(19-5-8)20(12,15)16/h4-5H,2-3,6-7H2,1H3,(H,13,14)(H2,12,15,16). The molecule has 2 rings (SSSR count). The Morgan fingerprint density at radius 2 is 2.40 bits per heavy atom. The van der Waals surface area contributed by atoms with Crippen LogP contribution in [0.25, 0.3) is 0 Å². The lowest BCUT2D eigenvalue weighted by Crippen LogP contribution is -2.44. The maximum Gasteiger partial charge on any atom is 0.252 e. The van der Waals surface area contributed by atoms with Crippen molar-refractivity contribution in [2.75, 3.05) is 26.9 Å². The van der Waals surface area contributed by atoms with Crippen LogP contribution in [0.2, 0.25) is 0 Å². The minimum absolute atomic E-state index is 0.0340. The smallest absolute Gasteiger partial charge is 0.252 e. The quantitative estimate of drug-likeness (QED) is 0.789. The first-order valence-electron chi connectivity index (χ1n) is 5.89. The number of nitrogens with one attached hydrogen (secondary N) is 1. The number of methoxy groups -OCH3 is 1.